The maximum absolute atomic E-state index is 6.36. The van der Waals surface area contributed by atoms with Crippen LogP contribution < -0.4 is 5.32 Å². The molecule has 1 atom stereocenters. The molecular weight excluding hydrogens is 282 g/mol. The summed E-state index contributed by atoms with van der Waals surface area (Å²) in [5.74, 6) is 0.829. The maximum atomic E-state index is 6.36. The molecule has 0 fully saturated rings. The minimum absolute atomic E-state index is 0.0485. The molecule has 0 radical (unpaired) electrons. The zero-order valence-electron chi connectivity index (χ0n) is 11.1. The van der Waals surface area contributed by atoms with Crippen molar-refractivity contribution in [1.29, 1.82) is 0 Å². The van der Waals surface area contributed by atoms with Crippen LogP contribution in [-0.2, 0) is 0 Å². The van der Waals surface area contributed by atoms with Gasteiger partial charge in [0.1, 0.15) is 17.3 Å². The second-order valence-electron chi connectivity index (χ2n) is 4.98. The molecule has 0 saturated carbocycles. The van der Waals surface area contributed by atoms with Gasteiger partial charge in [-0.3, -0.25) is 0 Å². The Morgan fingerprint density at radius 1 is 0.905 bits per heavy atom. The monoisotopic (exact) mass is 293 g/mol. The molecule has 1 aliphatic heterocycles. The first-order valence-corrected chi connectivity index (χ1v) is 7.13. The molecule has 4 rings (SSSR count). The van der Waals surface area contributed by atoms with E-state index in [9.17, 15) is 0 Å². The van der Waals surface area contributed by atoms with Crippen molar-refractivity contribution in [2.75, 3.05) is 5.32 Å². The molecule has 4 heteroatoms. The summed E-state index contributed by atoms with van der Waals surface area (Å²) in [4.78, 5) is 8.50. The normalized spacial score (nSPS) is 15.8. The van der Waals surface area contributed by atoms with Crippen molar-refractivity contribution in [3.63, 3.8) is 0 Å². The van der Waals surface area contributed by atoms with Crippen molar-refractivity contribution in [1.82, 2.24) is 9.97 Å². The first kappa shape index (κ1) is 12.4. The molecule has 1 aromatic heterocycles. The molecule has 1 N–H and O–H groups in total. The lowest BCUT2D eigenvalue weighted by Gasteiger charge is -2.29. The third-order valence-electron chi connectivity index (χ3n) is 3.78. The lowest BCUT2D eigenvalue weighted by molar-refractivity contribution is 0.927. The molecule has 1 unspecified atom stereocenters. The Labute approximate surface area is 127 Å². The third-order valence-corrected chi connectivity index (χ3v) is 4.08. The number of nitrogens with zero attached hydrogens (tertiary/aromatic N) is 2. The number of halogens is 1. The predicted octanol–water partition coefficient (Wildman–Crippen LogP) is 4.37. The lowest BCUT2D eigenvalue weighted by atomic mass is 9.83. The number of fused-ring (bicyclic) bond motifs is 2. The van der Waals surface area contributed by atoms with Crippen LogP contribution in [0, 0.1) is 0 Å². The van der Waals surface area contributed by atoms with Crippen LogP contribution in [0.25, 0.3) is 0 Å². The van der Waals surface area contributed by atoms with Crippen LogP contribution in [0.15, 0.2) is 60.9 Å². The van der Waals surface area contributed by atoms with Gasteiger partial charge in [0.25, 0.3) is 0 Å². The standard InChI is InChI=1S/C17H12ClN3/c18-16-15-14(11-6-2-1-3-7-11)12-8-4-5-9-13(12)21-17(15)20-10-19-16/h1-10,14H,(H,19,20,21). The lowest BCUT2D eigenvalue weighted by Crippen LogP contribution is -2.16. The van der Waals surface area contributed by atoms with E-state index >= 15 is 0 Å². The molecule has 0 amide bonds. The molecule has 0 spiro atoms. The zero-order valence-corrected chi connectivity index (χ0v) is 11.9. The quantitative estimate of drug-likeness (QED) is 0.530. The molecule has 3 nitrogen and oxygen atoms in total. The van der Waals surface area contributed by atoms with E-state index in [4.69, 9.17) is 11.6 Å². The fraction of sp³-hybridized carbons (Fsp3) is 0.0588. The average Bonchev–Trinajstić information content (AvgIpc) is 2.54. The van der Waals surface area contributed by atoms with Gasteiger partial charge < -0.3 is 5.32 Å². The fourth-order valence-corrected chi connectivity index (χ4v) is 3.11. The van der Waals surface area contributed by atoms with Gasteiger partial charge in [0.15, 0.2) is 0 Å². The Morgan fingerprint density at radius 2 is 1.67 bits per heavy atom. The summed E-state index contributed by atoms with van der Waals surface area (Å²) in [6.07, 6.45) is 1.49. The van der Waals surface area contributed by atoms with Crippen molar-refractivity contribution in [2.24, 2.45) is 0 Å². The summed E-state index contributed by atoms with van der Waals surface area (Å²) in [5, 5.41) is 3.84. The third kappa shape index (κ3) is 1.98. The first-order valence-electron chi connectivity index (χ1n) is 6.76. The number of hydrogen-bond acceptors (Lipinski definition) is 3. The molecule has 3 aromatic rings. The summed E-state index contributed by atoms with van der Waals surface area (Å²) in [6, 6.07) is 18.5. The summed E-state index contributed by atoms with van der Waals surface area (Å²) in [5.41, 5.74) is 4.37. The van der Waals surface area contributed by atoms with Gasteiger partial charge in [-0.25, -0.2) is 9.97 Å². The largest absolute Gasteiger partial charge is 0.340 e. The van der Waals surface area contributed by atoms with Crippen molar-refractivity contribution < 1.29 is 0 Å². The zero-order chi connectivity index (χ0) is 14.2. The van der Waals surface area contributed by atoms with Crippen molar-refractivity contribution in [2.45, 2.75) is 5.92 Å². The van der Waals surface area contributed by atoms with E-state index in [1.54, 1.807) is 0 Å². The topological polar surface area (TPSA) is 37.8 Å². The van der Waals surface area contributed by atoms with Crippen molar-refractivity contribution in [3.8, 4) is 0 Å². The van der Waals surface area contributed by atoms with E-state index in [0.717, 1.165) is 17.1 Å². The van der Waals surface area contributed by atoms with Crippen LogP contribution >= 0.6 is 11.6 Å². The second kappa shape index (κ2) is 4.86. The number of aromatic nitrogens is 2. The number of para-hydroxylation sites is 1. The summed E-state index contributed by atoms with van der Waals surface area (Å²) < 4.78 is 0. The minimum atomic E-state index is 0.0485. The molecule has 1 aliphatic rings. The SMILES string of the molecule is Clc1ncnc2c1C(c1ccccc1)c1ccccc1N2. The molecule has 0 aliphatic carbocycles. The van der Waals surface area contributed by atoms with Gasteiger partial charge in [-0.2, -0.15) is 0 Å². The molecule has 102 valence electrons. The highest BCUT2D eigenvalue weighted by Crippen LogP contribution is 2.45. The number of anilines is 2. The van der Waals surface area contributed by atoms with Crippen molar-refractivity contribution in [3.05, 3.63) is 82.8 Å². The highest BCUT2D eigenvalue weighted by atomic mass is 35.5. The Morgan fingerprint density at radius 3 is 2.52 bits per heavy atom. The Balaban J connectivity index is 2.01. The van der Waals surface area contributed by atoms with Crippen LogP contribution in [0.5, 0.6) is 0 Å². The summed E-state index contributed by atoms with van der Waals surface area (Å²) in [7, 11) is 0. The number of hydrogen-bond donors (Lipinski definition) is 1. The van der Waals surface area contributed by atoms with E-state index in [1.165, 1.54) is 17.5 Å². The molecular formula is C17H12ClN3. The van der Waals surface area contributed by atoms with Gasteiger partial charge in [0, 0.05) is 17.2 Å². The van der Waals surface area contributed by atoms with Gasteiger partial charge in [0.05, 0.1) is 0 Å². The van der Waals surface area contributed by atoms with E-state index < -0.39 is 0 Å². The second-order valence-corrected chi connectivity index (χ2v) is 5.34. The highest BCUT2D eigenvalue weighted by Gasteiger charge is 2.30. The van der Waals surface area contributed by atoms with E-state index in [0.29, 0.717) is 5.15 Å². The van der Waals surface area contributed by atoms with Crippen LogP contribution in [-0.4, -0.2) is 9.97 Å². The fourth-order valence-electron chi connectivity index (χ4n) is 2.87. The predicted molar refractivity (Wildman–Crippen MR) is 84.2 cm³/mol. The van der Waals surface area contributed by atoms with Crippen LogP contribution in [0.1, 0.15) is 22.6 Å². The van der Waals surface area contributed by atoms with Gasteiger partial charge in [-0.1, -0.05) is 60.1 Å². The molecule has 0 saturated heterocycles. The smallest absolute Gasteiger partial charge is 0.139 e. The average molecular weight is 294 g/mol. The van der Waals surface area contributed by atoms with Crippen molar-refractivity contribution >= 4 is 23.1 Å². The van der Waals surface area contributed by atoms with Crippen LogP contribution in [0.2, 0.25) is 5.15 Å². The number of benzene rings is 2. The van der Waals surface area contributed by atoms with Crippen LogP contribution in [0.3, 0.4) is 0 Å². The Kier molecular flexibility index (Phi) is 2.86. The van der Waals surface area contributed by atoms with E-state index in [-0.39, 0.29) is 5.92 Å². The van der Waals surface area contributed by atoms with E-state index in [2.05, 4.69) is 39.6 Å². The number of nitrogens with one attached hydrogen (secondary N) is 1. The van der Waals surface area contributed by atoms with Gasteiger partial charge in [-0.15, -0.1) is 0 Å². The Hall–Kier alpha value is -2.39. The summed E-state index contributed by atoms with van der Waals surface area (Å²) in [6.45, 7) is 0. The minimum Gasteiger partial charge on any atom is -0.340 e. The van der Waals surface area contributed by atoms with Gasteiger partial charge in [-0.05, 0) is 17.2 Å². The molecule has 2 heterocycles. The van der Waals surface area contributed by atoms with Crippen LogP contribution in [0.4, 0.5) is 11.5 Å². The maximum Gasteiger partial charge on any atom is 0.139 e. The summed E-state index contributed by atoms with van der Waals surface area (Å²) >= 11 is 6.36. The van der Waals surface area contributed by atoms with Gasteiger partial charge >= 0.3 is 0 Å². The number of rotatable bonds is 1. The molecule has 21 heavy (non-hydrogen) atoms. The first-order chi connectivity index (χ1) is 10.3. The molecule has 2 aromatic carbocycles. The van der Waals surface area contributed by atoms with E-state index in [1.807, 2.05) is 30.3 Å². The Bertz CT molecular complexity index is 802. The highest BCUT2D eigenvalue weighted by molar-refractivity contribution is 6.30. The molecule has 0 bridgehead atoms. The van der Waals surface area contributed by atoms with Gasteiger partial charge in [0.2, 0.25) is 0 Å².